The van der Waals surface area contributed by atoms with Crippen LogP contribution < -0.4 is 10.2 Å². The van der Waals surface area contributed by atoms with E-state index in [0.29, 0.717) is 5.92 Å². The van der Waals surface area contributed by atoms with Crippen molar-refractivity contribution >= 4 is 11.5 Å². The third-order valence-electron chi connectivity index (χ3n) is 3.45. The van der Waals surface area contributed by atoms with E-state index in [-0.39, 0.29) is 0 Å². The third-order valence-corrected chi connectivity index (χ3v) is 3.45. The normalized spacial score (nSPS) is 10.9. The van der Waals surface area contributed by atoms with Crippen molar-refractivity contribution < 1.29 is 0 Å². The highest BCUT2D eigenvalue weighted by Crippen LogP contribution is 2.24. The van der Waals surface area contributed by atoms with Gasteiger partial charge >= 0.3 is 0 Å². The zero-order valence-electron chi connectivity index (χ0n) is 13.4. The molecule has 0 fully saturated rings. The highest BCUT2D eigenvalue weighted by molar-refractivity contribution is 5.61. The second-order valence-electron chi connectivity index (χ2n) is 5.90. The second-order valence-corrected chi connectivity index (χ2v) is 5.90. The molecule has 3 heteroatoms. The SMILES string of the molecule is Cc1cc(CNCC(C)C)cnc1N(C)c1ccccc1. The fraction of sp³-hybridized carbons (Fsp3) is 0.389. The van der Waals surface area contributed by atoms with Crippen LogP contribution in [0.1, 0.15) is 25.0 Å². The van der Waals surface area contributed by atoms with Crippen molar-refractivity contribution in [1.29, 1.82) is 0 Å². The standard InChI is InChI=1S/C18H25N3/c1-14(2)11-19-12-16-10-15(3)18(20-13-16)21(4)17-8-6-5-7-9-17/h5-10,13-14,19H,11-12H2,1-4H3. The van der Waals surface area contributed by atoms with Gasteiger partial charge in [-0.1, -0.05) is 32.0 Å². The summed E-state index contributed by atoms with van der Waals surface area (Å²) < 4.78 is 0. The number of hydrogen-bond acceptors (Lipinski definition) is 3. The number of nitrogens with one attached hydrogen (secondary N) is 1. The van der Waals surface area contributed by atoms with Crippen LogP contribution in [-0.4, -0.2) is 18.6 Å². The molecule has 0 spiro atoms. The lowest BCUT2D eigenvalue weighted by Gasteiger charge is -2.20. The van der Waals surface area contributed by atoms with E-state index in [2.05, 4.69) is 61.2 Å². The summed E-state index contributed by atoms with van der Waals surface area (Å²) in [6.45, 7) is 8.46. The summed E-state index contributed by atoms with van der Waals surface area (Å²) in [5, 5.41) is 3.46. The minimum atomic E-state index is 0.669. The summed E-state index contributed by atoms with van der Waals surface area (Å²) in [5.74, 6) is 1.68. The fourth-order valence-corrected chi connectivity index (χ4v) is 2.35. The molecule has 0 saturated heterocycles. The van der Waals surface area contributed by atoms with Crippen molar-refractivity contribution in [3.8, 4) is 0 Å². The Balaban J connectivity index is 2.08. The Labute approximate surface area is 128 Å². The average Bonchev–Trinajstić information content (AvgIpc) is 2.47. The van der Waals surface area contributed by atoms with Gasteiger partial charge in [0.15, 0.2) is 0 Å². The fourth-order valence-electron chi connectivity index (χ4n) is 2.35. The molecule has 0 aliphatic rings. The Kier molecular flexibility index (Phi) is 5.34. The quantitative estimate of drug-likeness (QED) is 0.871. The molecule has 0 radical (unpaired) electrons. The number of aromatic nitrogens is 1. The Bertz CT molecular complexity index is 564. The van der Waals surface area contributed by atoms with Gasteiger partial charge in [0, 0.05) is 25.5 Å². The smallest absolute Gasteiger partial charge is 0.135 e. The van der Waals surface area contributed by atoms with Crippen LogP contribution in [0.15, 0.2) is 42.6 Å². The van der Waals surface area contributed by atoms with E-state index in [0.717, 1.165) is 24.6 Å². The Hall–Kier alpha value is -1.87. The molecule has 21 heavy (non-hydrogen) atoms. The lowest BCUT2D eigenvalue weighted by molar-refractivity contribution is 0.552. The summed E-state index contributed by atoms with van der Waals surface area (Å²) in [6, 6.07) is 12.5. The highest BCUT2D eigenvalue weighted by atomic mass is 15.2. The van der Waals surface area contributed by atoms with Gasteiger partial charge in [-0.2, -0.15) is 0 Å². The van der Waals surface area contributed by atoms with Crippen LogP contribution in [0.5, 0.6) is 0 Å². The lowest BCUT2D eigenvalue weighted by Crippen LogP contribution is -2.19. The van der Waals surface area contributed by atoms with E-state index < -0.39 is 0 Å². The van der Waals surface area contributed by atoms with E-state index in [1.54, 1.807) is 0 Å². The molecule has 0 aliphatic carbocycles. The van der Waals surface area contributed by atoms with E-state index in [1.165, 1.54) is 11.1 Å². The van der Waals surface area contributed by atoms with Gasteiger partial charge in [-0.3, -0.25) is 0 Å². The minimum absolute atomic E-state index is 0.669. The summed E-state index contributed by atoms with van der Waals surface area (Å²) in [5.41, 5.74) is 3.59. The van der Waals surface area contributed by atoms with Crippen LogP contribution in [0.25, 0.3) is 0 Å². The monoisotopic (exact) mass is 283 g/mol. The van der Waals surface area contributed by atoms with Crippen molar-refractivity contribution in [2.45, 2.75) is 27.3 Å². The molecular weight excluding hydrogens is 258 g/mol. The maximum Gasteiger partial charge on any atom is 0.135 e. The molecular formula is C18H25N3. The van der Waals surface area contributed by atoms with Crippen LogP contribution in [0.2, 0.25) is 0 Å². The average molecular weight is 283 g/mol. The summed E-state index contributed by atoms with van der Waals surface area (Å²) in [6.07, 6.45) is 1.97. The first kappa shape index (κ1) is 15.5. The number of aryl methyl sites for hydroxylation is 1. The highest BCUT2D eigenvalue weighted by Gasteiger charge is 2.09. The third kappa shape index (κ3) is 4.30. The predicted octanol–water partition coefficient (Wildman–Crippen LogP) is 3.90. The van der Waals surface area contributed by atoms with Gasteiger partial charge in [0.05, 0.1) is 0 Å². The molecule has 1 heterocycles. The maximum atomic E-state index is 4.64. The number of rotatable bonds is 6. The van der Waals surface area contributed by atoms with Gasteiger partial charge < -0.3 is 10.2 Å². The molecule has 0 unspecified atom stereocenters. The first-order valence-electron chi connectivity index (χ1n) is 7.53. The summed E-state index contributed by atoms with van der Waals surface area (Å²) in [4.78, 5) is 6.76. The second kappa shape index (κ2) is 7.23. The molecule has 0 saturated carbocycles. The molecule has 1 N–H and O–H groups in total. The van der Waals surface area contributed by atoms with Crippen LogP contribution in [0.4, 0.5) is 11.5 Å². The number of nitrogens with zero attached hydrogens (tertiary/aromatic N) is 2. The van der Waals surface area contributed by atoms with Gasteiger partial charge in [-0.15, -0.1) is 0 Å². The van der Waals surface area contributed by atoms with Crippen LogP contribution in [-0.2, 0) is 6.54 Å². The van der Waals surface area contributed by atoms with Crippen molar-refractivity contribution in [2.24, 2.45) is 5.92 Å². The van der Waals surface area contributed by atoms with E-state index in [1.807, 2.05) is 24.4 Å². The van der Waals surface area contributed by atoms with Crippen molar-refractivity contribution in [3.05, 3.63) is 53.7 Å². The Morgan fingerprint density at radius 1 is 1.19 bits per heavy atom. The number of para-hydroxylation sites is 1. The summed E-state index contributed by atoms with van der Waals surface area (Å²) in [7, 11) is 2.06. The zero-order valence-corrected chi connectivity index (χ0v) is 13.4. The first-order valence-corrected chi connectivity index (χ1v) is 7.53. The topological polar surface area (TPSA) is 28.2 Å². The number of hydrogen-bond donors (Lipinski definition) is 1. The molecule has 3 nitrogen and oxygen atoms in total. The van der Waals surface area contributed by atoms with Gasteiger partial charge in [-0.25, -0.2) is 4.98 Å². The molecule has 112 valence electrons. The van der Waals surface area contributed by atoms with Crippen LogP contribution in [0.3, 0.4) is 0 Å². The predicted molar refractivity (Wildman–Crippen MR) is 90.0 cm³/mol. The van der Waals surface area contributed by atoms with E-state index in [4.69, 9.17) is 0 Å². The number of pyridine rings is 1. The number of benzene rings is 1. The van der Waals surface area contributed by atoms with Gasteiger partial charge in [-0.05, 0) is 48.7 Å². The largest absolute Gasteiger partial charge is 0.329 e. The van der Waals surface area contributed by atoms with Crippen molar-refractivity contribution in [1.82, 2.24) is 10.3 Å². The van der Waals surface area contributed by atoms with Gasteiger partial charge in [0.1, 0.15) is 5.82 Å². The Morgan fingerprint density at radius 3 is 2.52 bits per heavy atom. The van der Waals surface area contributed by atoms with Crippen LogP contribution >= 0.6 is 0 Å². The zero-order chi connectivity index (χ0) is 15.2. The van der Waals surface area contributed by atoms with Crippen LogP contribution in [0, 0.1) is 12.8 Å². The molecule has 1 aromatic carbocycles. The molecule has 2 rings (SSSR count). The molecule has 0 atom stereocenters. The van der Waals surface area contributed by atoms with Crippen molar-refractivity contribution in [3.63, 3.8) is 0 Å². The molecule has 1 aromatic heterocycles. The Morgan fingerprint density at radius 2 is 1.90 bits per heavy atom. The molecule has 0 aliphatic heterocycles. The van der Waals surface area contributed by atoms with Gasteiger partial charge in [0.25, 0.3) is 0 Å². The van der Waals surface area contributed by atoms with E-state index in [9.17, 15) is 0 Å². The van der Waals surface area contributed by atoms with E-state index >= 15 is 0 Å². The first-order chi connectivity index (χ1) is 10.1. The van der Waals surface area contributed by atoms with Gasteiger partial charge in [0.2, 0.25) is 0 Å². The molecule has 2 aromatic rings. The number of anilines is 2. The minimum Gasteiger partial charge on any atom is -0.329 e. The van der Waals surface area contributed by atoms with Crippen molar-refractivity contribution in [2.75, 3.05) is 18.5 Å². The molecule has 0 bridgehead atoms. The summed E-state index contributed by atoms with van der Waals surface area (Å²) >= 11 is 0. The lowest BCUT2D eigenvalue weighted by atomic mass is 10.1. The maximum absolute atomic E-state index is 4.64. The molecule has 0 amide bonds.